The number of aryl methyl sites for hydroxylation is 1. The molecule has 2 N–H and O–H groups in total. The minimum absolute atomic E-state index is 0.103. The fourth-order valence-electron chi connectivity index (χ4n) is 2.65. The highest BCUT2D eigenvalue weighted by Gasteiger charge is 2.23. The van der Waals surface area contributed by atoms with Crippen molar-refractivity contribution >= 4 is 11.6 Å². The van der Waals surface area contributed by atoms with E-state index in [-0.39, 0.29) is 11.9 Å². The molecule has 0 saturated heterocycles. The van der Waals surface area contributed by atoms with Gasteiger partial charge in [-0.1, -0.05) is 25.1 Å². The molecule has 2 unspecified atom stereocenters. The zero-order chi connectivity index (χ0) is 15.2. The number of nitrogens with one attached hydrogen (secondary N) is 2. The van der Waals surface area contributed by atoms with Crippen LogP contribution in [0.5, 0.6) is 0 Å². The molecular formula is C17H27N3O. The summed E-state index contributed by atoms with van der Waals surface area (Å²) in [6, 6.07) is 8.68. The second kappa shape index (κ2) is 7.46. The number of hydrogen-bond acceptors (Lipinski definition) is 3. The van der Waals surface area contributed by atoms with E-state index >= 15 is 0 Å². The molecule has 0 aromatic heterocycles. The fraction of sp³-hybridized carbons (Fsp3) is 0.588. The number of amides is 1. The summed E-state index contributed by atoms with van der Waals surface area (Å²) in [4.78, 5) is 14.5. The van der Waals surface area contributed by atoms with E-state index in [1.807, 2.05) is 18.2 Å². The van der Waals surface area contributed by atoms with Gasteiger partial charge in [0.2, 0.25) is 5.91 Å². The molecule has 1 aromatic carbocycles. The van der Waals surface area contributed by atoms with E-state index in [0.29, 0.717) is 12.6 Å². The zero-order valence-corrected chi connectivity index (χ0v) is 13.4. The number of benzene rings is 1. The maximum absolute atomic E-state index is 12.2. The summed E-state index contributed by atoms with van der Waals surface area (Å²) in [7, 11) is 2.11. The second-order valence-electron chi connectivity index (χ2n) is 5.92. The van der Waals surface area contributed by atoms with Crippen LogP contribution in [0, 0.1) is 0 Å². The molecule has 1 aliphatic rings. The van der Waals surface area contributed by atoms with Crippen molar-refractivity contribution < 1.29 is 4.79 Å². The summed E-state index contributed by atoms with van der Waals surface area (Å²) in [5.74, 6) is 0.113. The first kappa shape index (κ1) is 15.8. The third-order valence-corrected chi connectivity index (χ3v) is 4.47. The molecule has 2 atom stereocenters. The van der Waals surface area contributed by atoms with E-state index in [1.165, 1.54) is 5.56 Å². The first-order chi connectivity index (χ1) is 10.1. The molecule has 0 bridgehead atoms. The van der Waals surface area contributed by atoms with Crippen molar-refractivity contribution in [2.75, 3.05) is 25.5 Å². The molecule has 0 spiro atoms. The van der Waals surface area contributed by atoms with Crippen LogP contribution in [0.15, 0.2) is 24.3 Å². The molecule has 1 amide bonds. The van der Waals surface area contributed by atoms with Crippen LogP contribution in [0.4, 0.5) is 5.69 Å². The van der Waals surface area contributed by atoms with E-state index in [4.69, 9.17) is 0 Å². The third kappa shape index (κ3) is 4.21. The van der Waals surface area contributed by atoms with E-state index in [1.54, 1.807) is 0 Å². The van der Waals surface area contributed by atoms with Gasteiger partial charge in [0.05, 0.1) is 0 Å². The van der Waals surface area contributed by atoms with Crippen molar-refractivity contribution in [1.29, 1.82) is 0 Å². The molecule has 1 aliphatic heterocycles. The highest BCUT2D eigenvalue weighted by molar-refractivity contribution is 5.85. The Balaban J connectivity index is 1.77. The Hall–Kier alpha value is -1.55. The zero-order valence-electron chi connectivity index (χ0n) is 13.4. The normalized spacial score (nSPS) is 18.8. The lowest BCUT2D eigenvalue weighted by Gasteiger charge is -2.27. The summed E-state index contributed by atoms with van der Waals surface area (Å²) < 4.78 is 0. The molecule has 0 radical (unpaired) electrons. The average molecular weight is 289 g/mol. The summed E-state index contributed by atoms with van der Waals surface area (Å²) in [6.07, 6.45) is 2.96. The van der Waals surface area contributed by atoms with Crippen molar-refractivity contribution in [3.8, 4) is 0 Å². The molecule has 0 saturated carbocycles. The molecule has 0 aliphatic carbocycles. The third-order valence-electron chi connectivity index (χ3n) is 4.47. The van der Waals surface area contributed by atoms with Crippen LogP contribution in [-0.4, -0.2) is 43.0 Å². The van der Waals surface area contributed by atoms with Gasteiger partial charge in [-0.3, -0.25) is 4.79 Å². The Morgan fingerprint density at radius 2 is 2.24 bits per heavy atom. The lowest BCUT2D eigenvalue weighted by Crippen LogP contribution is -2.44. The number of hydrogen-bond donors (Lipinski definition) is 2. The summed E-state index contributed by atoms with van der Waals surface area (Å²) in [5, 5.41) is 6.39. The van der Waals surface area contributed by atoms with Crippen molar-refractivity contribution in [3.05, 3.63) is 29.8 Å². The molecule has 1 aromatic rings. The Morgan fingerprint density at radius 1 is 1.48 bits per heavy atom. The maximum atomic E-state index is 12.2. The Bertz CT molecular complexity index is 475. The van der Waals surface area contributed by atoms with E-state index in [9.17, 15) is 4.79 Å². The number of anilines is 1. The van der Waals surface area contributed by atoms with Crippen LogP contribution in [0.2, 0.25) is 0 Å². The monoisotopic (exact) mass is 289 g/mol. The highest BCUT2D eigenvalue weighted by atomic mass is 16.2. The van der Waals surface area contributed by atoms with Gasteiger partial charge in [-0.2, -0.15) is 0 Å². The van der Waals surface area contributed by atoms with Gasteiger partial charge in [-0.05, 0) is 44.9 Å². The first-order valence-electron chi connectivity index (χ1n) is 7.94. The standard InChI is InChI=1S/C17H27N3O/c1-4-13(2)20(3)12-11-18-17(21)16-10-9-14-7-5-6-8-15(14)19-16/h5-8,13,16,19H,4,9-12H2,1-3H3,(H,18,21). The van der Waals surface area contributed by atoms with Crippen LogP contribution < -0.4 is 10.6 Å². The van der Waals surface area contributed by atoms with Crippen molar-refractivity contribution in [1.82, 2.24) is 10.2 Å². The minimum atomic E-state index is -0.103. The molecule has 1 heterocycles. The van der Waals surface area contributed by atoms with E-state index in [2.05, 4.69) is 42.5 Å². The number of fused-ring (bicyclic) bond motifs is 1. The Kier molecular flexibility index (Phi) is 5.62. The molecule has 4 heteroatoms. The summed E-state index contributed by atoms with van der Waals surface area (Å²) >= 11 is 0. The first-order valence-corrected chi connectivity index (χ1v) is 7.94. The van der Waals surface area contributed by atoms with Gasteiger partial charge in [0.15, 0.2) is 0 Å². The lowest BCUT2D eigenvalue weighted by molar-refractivity contribution is -0.122. The number of rotatable bonds is 6. The van der Waals surface area contributed by atoms with Crippen molar-refractivity contribution in [3.63, 3.8) is 0 Å². The molecule has 4 nitrogen and oxygen atoms in total. The Labute approximate surface area is 127 Å². The molecule has 116 valence electrons. The van der Waals surface area contributed by atoms with E-state index < -0.39 is 0 Å². The van der Waals surface area contributed by atoms with Crippen molar-refractivity contribution in [2.45, 2.75) is 45.2 Å². The fourth-order valence-corrected chi connectivity index (χ4v) is 2.65. The number of likely N-dealkylation sites (N-methyl/N-ethyl adjacent to an activating group) is 1. The van der Waals surface area contributed by atoms with Crippen LogP contribution in [0.25, 0.3) is 0 Å². The number of carbonyl (C=O) groups is 1. The average Bonchev–Trinajstić information content (AvgIpc) is 2.53. The van der Waals surface area contributed by atoms with Crippen LogP contribution in [0.1, 0.15) is 32.3 Å². The van der Waals surface area contributed by atoms with Gasteiger partial charge in [-0.25, -0.2) is 0 Å². The Morgan fingerprint density at radius 3 is 3.00 bits per heavy atom. The lowest BCUT2D eigenvalue weighted by atomic mass is 9.98. The second-order valence-corrected chi connectivity index (χ2v) is 5.92. The number of nitrogens with zero attached hydrogens (tertiary/aromatic N) is 1. The predicted molar refractivity (Wildman–Crippen MR) is 87.6 cm³/mol. The highest BCUT2D eigenvalue weighted by Crippen LogP contribution is 2.24. The predicted octanol–water partition coefficient (Wildman–Crippen LogP) is 2.26. The van der Waals surface area contributed by atoms with Crippen LogP contribution in [-0.2, 0) is 11.2 Å². The van der Waals surface area contributed by atoms with Crippen molar-refractivity contribution in [2.24, 2.45) is 0 Å². The molecule has 2 rings (SSSR count). The number of para-hydroxylation sites is 1. The van der Waals surface area contributed by atoms with Gasteiger partial charge in [-0.15, -0.1) is 0 Å². The molecule has 0 fully saturated rings. The van der Waals surface area contributed by atoms with Gasteiger partial charge in [0.1, 0.15) is 6.04 Å². The van der Waals surface area contributed by atoms with Gasteiger partial charge >= 0.3 is 0 Å². The van der Waals surface area contributed by atoms with Crippen LogP contribution in [0.3, 0.4) is 0 Å². The van der Waals surface area contributed by atoms with Crippen LogP contribution >= 0.6 is 0 Å². The largest absolute Gasteiger partial charge is 0.373 e. The quantitative estimate of drug-likeness (QED) is 0.844. The molecular weight excluding hydrogens is 262 g/mol. The van der Waals surface area contributed by atoms with E-state index in [0.717, 1.165) is 31.5 Å². The van der Waals surface area contributed by atoms with Gasteiger partial charge in [0, 0.05) is 24.8 Å². The molecule has 21 heavy (non-hydrogen) atoms. The SMILES string of the molecule is CCC(C)N(C)CCNC(=O)C1CCc2ccccc2N1. The van der Waals surface area contributed by atoms with Gasteiger partial charge in [0.25, 0.3) is 0 Å². The maximum Gasteiger partial charge on any atom is 0.242 e. The smallest absolute Gasteiger partial charge is 0.242 e. The van der Waals surface area contributed by atoms with Gasteiger partial charge < -0.3 is 15.5 Å². The summed E-state index contributed by atoms with van der Waals surface area (Å²) in [5.41, 5.74) is 2.40. The minimum Gasteiger partial charge on any atom is -0.373 e. The number of carbonyl (C=O) groups excluding carboxylic acids is 1. The summed E-state index contributed by atoms with van der Waals surface area (Å²) in [6.45, 7) is 5.99. The topological polar surface area (TPSA) is 44.4 Å².